The van der Waals surface area contributed by atoms with E-state index in [2.05, 4.69) is 68.5 Å². The summed E-state index contributed by atoms with van der Waals surface area (Å²) in [5.41, 5.74) is 4.06. The van der Waals surface area contributed by atoms with E-state index in [1.54, 1.807) is 0 Å². The standard InChI is InChI=1S/C15H16/c1-12(2)13-8-10-15(11-9-13)14-6-4-3-5-7-14/h3-11,15H,1-2H3. The summed E-state index contributed by atoms with van der Waals surface area (Å²) < 4.78 is 0. The van der Waals surface area contributed by atoms with Crippen LogP contribution in [-0.4, -0.2) is 0 Å². The van der Waals surface area contributed by atoms with Crippen LogP contribution in [0.25, 0.3) is 0 Å². The Morgan fingerprint density at radius 2 is 1.53 bits per heavy atom. The molecule has 0 bridgehead atoms. The number of benzene rings is 1. The highest BCUT2D eigenvalue weighted by atomic mass is 14.1. The predicted molar refractivity (Wildman–Crippen MR) is 65.8 cm³/mol. The average molecular weight is 196 g/mol. The monoisotopic (exact) mass is 196 g/mol. The molecule has 0 fully saturated rings. The zero-order valence-corrected chi connectivity index (χ0v) is 9.27. The molecule has 0 saturated carbocycles. The third-order valence-corrected chi connectivity index (χ3v) is 2.73. The third-order valence-electron chi connectivity index (χ3n) is 2.73. The van der Waals surface area contributed by atoms with E-state index in [4.69, 9.17) is 0 Å². The molecule has 0 heterocycles. The molecular formula is C15H16. The van der Waals surface area contributed by atoms with Crippen LogP contribution in [0.3, 0.4) is 0 Å². The van der Waals surface area contributed by atoms with Gasteiger partial charge in [0, 0.05) is 5.92 Å². The highest BCUT2D eigenvalue weighted by molar-refractivity contribution is 5.43. The molecule has 0 atom stereocenters. The van der Waals surface area contributed by atoms with Crippen molar-refractivity contribution in [1.29, 1.82) is 0 Å². The van der Waals surface area contributed by atoms with Gasteiger partial charge >= 0.3 is 0 Å². The summed E-state index contributed by atoms with van der Waals surface area (Å²) in [6.07, 6.45) is 8.95. The first kappa shape index (κ1) is 9.97. The van der Waals surface area contributed by atoms with Crippen molar-refractivity contribution in [3.63, 3.8) is 0 Å². The van der Waals surface area contributed by atoms with Gasteiger partial charge in [0.05, 0.1) is 0 Å². The van der Waals surface area contributed by atoms with E-state index in [1.807, 2.05) is 0 Å². The maximum absolute atomic E-state index is 2.26. The van der Waals surface area contributed by atoms with Gasteiger partial charge in [-0.1, -0.05) is 60.2 Å². The number of hydrogen-bond acceptors (Lipinski definition) is 0. The Balaban J connectivity index is 2.22. The van der Waals surface area contributed by atoms with Crippen molar-refractivity contribution >= 4 is 0 Å². The fourth-order valence-corrected chi connectivity index (χ4v) is 1.77. The van der Waals surface area contributed by atoms with Crippen LogP contribution in [0.4, 0.5) is 0 Å². The minimum Gasteiger partial charge on any atom is -0.0726 e. The van der Waals surface area contributed by atoms with E-state index in [0.29, 0.717) is 5.92 Å². The molecule has 0 heteroatoms. The SMILES string of the molecule is CC(C)=C1C=CC(c2ccccc2)C=C1. The van der Waals surface area contributed by atoms with Crippen LogP contribution in [0.1, 0.15) is 25.3 Å². The normalized spacial score (nSPS) is 19.3. The first-order valence-corrected chi connectivity index (χ1v) is 5.36. The van der Waals surface area contributed by atoms with Gasteiger partial charge in [0.2, 0.25) is 0 Å². The zero-order chi connectivity index (χ0) is 10.7. The second-order valence-electron chi connectivity index (χ2n) is 4.11. The molecule has 1 aromatic carbocycles. The van der Waals surface area contributed by atoms with Crippen LogP contribution in [0, 0.1) is 0 Å². The van der Waals surface area contributed by atoms with E-state index in [-0.39, 0.29) is 0 Å². The van der Waals surface area contributed by atoms with Gasteiger partial charge in [-0.15, -0.1) is 0 Å². The lowest BCUT2D eigenvalue weighted by atomic mass is 9.92. The molecule has 0 spiro atoms. The maximum Gasteiger partial charge on any atom is 0.0205 e. The van der Waals surface area contributed by atoms with Gasteiger partial charge in [-0.25, -0.2) is 0 Å². The van der Waals surface area contributed by atoms with Crippen LogP contribution in [0.2, 0.25) is 0 Å². The maximum atomic E-state index is 2.26. The summed E-state index contributed by atoms with van der Waals surface area (Å²) in [5, 5.41) is 0. The van der Waals surface area contributed by atoms with E-state index in [9.17, 15) is 0 Å². The quantitative estimate of drug-likeness (QED) is 0.630. The molecule has 2 rings (SSSR count). The largest absolute Gasteiger partial charge is 0.0726 e. The Labute approximate surface area is 91.6 Å². The zero-order valence-electron chi connectivity index (χ0n) is 9.27. The summed E-state index contributed by atoms with van der Waals surface area (Å²) in [6.45, 7) is 4.29. The Kier molecular flexibility index (Phi) is 2.86. The molecule has 1 aromatic rings. The minimum absolute atomic E-state index is 0.439. The summed E-state index contributed by atoms with van der Waals surface area (Å²) in [7, 11) is 0. The fourth-order valence-electron chi connectivity index (χ4n) is 1.77. The van der Waals surface area contributed by atoms with E-state index < -0.39 is 0 Å². The smallest absolute Gasteiger partial charge is 0.0205 e. The Hall–Kier alpha value is -1.56. The first-order valence-electron chi connectivity index (χ1n) is 5.36. The van der Waals surface area contributed by atoms with Crippen molar-refractivity contribution in [1.82, 2.24) is 0 Å². The summed E-state index contributed by atoms with van der Waals surface area (Å²) in [6, 6.07) is 10.6. The summed E-state index contributed by atoms with van der Waals surface area (Å²) in [4.78, 5) is 0. The first-order chi connectivity index (χ1) is 7.27. The third kappa shape index (κ3) is 2.27. The van der Waals surface area contributed by atoms with E-state index in [0.717, 1.165) is 0 Å². The average Bonchev–Trinajstić information content (AvgIpc) is 2.30. The second kappa shape index (κ2) is 4.31. The molecule has 1 aliphatic rings. The lowest BCUT2D eigenvalue weighted by Gasteiger charge is -2.13. The predicted octanol–water partition coefficient (Wildman–Crippen LogP) is 4.23. The molecule has 1 aliphatic carbocycles. The number of hydrogen-bond donors (Lipinski definition) is 0. The van der Waals surface area contributed by atoms with Gasteiger partial charge in [-0.2, -0.15) is 0 Å². The number of rotatable bonds is 1. The van der Waals surface area contributed by atoms with Crippen LogP contribution >= 0.6 is 0 Å². The van der Waals surface area contributed by atoms with Crippen LogP contribution in [0.15, 0.2) is 65.8 Å². The lowest BCUT2D eigenvalue weighted by molar-refractivity contribution is 1.06. The highest BCUT2D eigenvalue weighted by Crippen LogP contribution is 2.25. The lowest BCUT2D eigenvalue weighted by Crippen LogP contribution is -1.95. The van der Waals surface area contributed by atoms with Crippen LogP contribution < -0.4 is 0 Å². The van der Waals surface area contributed by atoms with Crippen molar-refractivity contribution in [3.05, 3.63) is 71.3 Å². The molecule has 0 aromatic heterocycles. The van der Waals surface area contributed by atoms with Crippen molar-refractivity contribution < 1.29 is 0 Å². The van der Waals surface area contributed by atoms with Gasteiger partial charge in [0.25, 0.3) is 0 Å². The Bertz CT molecular complexity index is 399. The Morgan fingerprint density at radius 3 is 2.07 bits per heavy atom. The summed E-state index contributed by atoms with van der Waals surface area (Å²) >= 11 is 0. The van der Waals surface area contributed by atoms with Crippen molar-refractivity contribution in [2.75, 3.05) is 0 Å². The molecule has 0 radical (unpaired) electrons. The van der Waals surface area contributed by atoms with Gasteiger partial charge in [0.1, 0.15) is 0 Å². The van der Waals surface area contributed by atoms with E-state index in [1.165, 1.54) is 16.7 Å². The molecule has 0 unspecified atom stereocenters. The van der Waals surface area contributed by atoms with E-state index >= 15 is 0 Å². The van der Waals surface area contributed by atoms with Gasteiger partial charge in [-0.05, 0) is 25.0 Å². The second-order valence-corrected chi connectivity index (χ2v) is 4.11. The molecule has 0 aliphatic heterocycles. The Morgan fingerprint density at radius 1 is 0.933 bits per heavy atom. The molecular weight excluding hydrogens is 180 g/mol. The van der Waals surface area contributed by atoms with Gasteiger partial charge < -0.3 is 0 Å². The van der Waals surface area contributed by atoms with Gasteiger partial charge in [-0.3, -0.25) is 0 Å². The highest BCUT2D eigenvalue weighted by Gasteiger charge is 2.07. The number of allylic oxidation sites excluding steroid dienone is 6. The fraction of sp³-hybridized carbons (Fsp3) is 0.200. The minimum atomic E-state index is 0.439. The molecule has 15 heavy (non-hydrogen) atoms. The molecule has 0 nitrogen and oxygen atoms in total. The molecule has 0 saturated heterocycles. The molecule has 76 valence electrons. The van der Waals surface area contributed by atoms with Crippen LogP contribution in [-0.2, 0) is 0 Å². The van der Waals surface area contributed by atoms with Crippen molar-refractivity contribution in [3.8, 4) is 0 Å². The van der Waals surface area contributed by atoms with Gasteiger partial charge in [0.15, 0.2) is 0 Å². The molecule has 0 N–H and O–H groups in total. The van der Waals surface area contributed by atoms with Crippen molar-refractivity contribution in [2.24, 2.45) is 0 Å². The van der Waals surface area contributed by atoms with Crippen molar-refractivity contribution in [2.45, 2.75) is 19.8 Å². The van der Waals surface area contributed by atoms with Crippen LogP contribution in [0.5, 0.6) is 0 Å². The molecule has 0 amide bonds. The summed E-state index contributed by atoms with van der Waals surface area (Å²) in [5.74, 6) is 0.439. The topological polar surface area (TPSA) is 0 Å².